The molecule has 1 amide bonds. The lowest BCUT2D eigenvalue weighted by atomic mass is 9.94. The highest BCUT2D eigenvalue weighted by Crippen LogP contribution is 2.36. The van der Waals surface area contributed by atoms with Crippen molar-refractivity contribution in [2.45, 2.75) is 39.5 Å². The summed E-state index contributed by atoms with van der Waals surface area (Å²) in [5.74, 6) is -0.758. The van der Waals surface area contributed by atoms with Crippen molar-refractivity contribution < 1.29 is 27.5 Å². The molecule has 0 N–H and O–H groups in total. The van der Waals surface area contributed by atoms with E-state index in [2.05, 4.69) is 19.6 Å². The highest BCUT2D eigenvalue weighted by molar-refractivity contribution is 5.92. The summed E-state index contributed by atoms with van der Waals surface area (Å²) in [7, 11) is 1.04. The molecule has 0 bridgehead atoms. The summed E-state index contributed by atoms with van der Waals surface area (Å²) >= 11 is 0. The highest BCUT2D eigenvalue weighted by Gasteiger charge is 2.36. The van der Waals surface area contributed by atoms with Crippen LogP contribution in [0.1, 0.15) is 44.9 Å². The van der Waals surface area contributed by atoms with E-state index in [4.69, 9.17) is 0 Å². The van der Waals surface area contributed by atoms with Crippen LogP contribution < -0.4 is 4.90 Å². The van der Waals surface area contributed by atoms with Gasteiger partial charge in [-0.25, -0.2) is 4.79 Å². The molecule has 0 aliphatic carbocycles. The topological polar surface area (TPSA) is 75.6 Å². The van der Waals surface area contributed by atoms with Crippen molar-refractivity contribution in [3.05, 3.63) is 76.2 Å². The number of pyridine rings is 2. The second-order valence-electron chi connectivity index (χ2n) is 9.88. The molecule has 198 valence electrons. The molecule has 1 saturated heterocycles. The molecule has 4 heterocycles. The summed E-state index contributed by atoms with van der Waals surface area (Å²) in [5, 5.41) is 0. The molecule has 2 aliphatic heterocycles. The molecule has 38 heavy (non-hydrogen) atoms. The van der Waals surface area contributed by atoms with Crippen molar-refractivity contribution in [1.82, 2.24) is 14.9 Å². The van der Waals surface area contributed by atoms with Crippen molar-refractivity contribution in [3.8, 4) is 11.3 Å². The molecule has 0 spiro atoms. The fourth-order valence-electron chi connectivity index (χ4n) is 5.18. The summed E-state index contributed by atoms with van der Waals surface area (Å²) in [6, 6.07) is 9.01. The van der Waals surface area contributed by atoms with Crippen molar-refractivity contribution in [2.24, 2.45) is 5.92 Å². The van der Waals surface area contributed by atoms with Crippen molar-refractivity contribution in [3.63, 3.8) is 0 Å². The number of esters is 1. The fourth-order valence-corrected chi connectivity index (χ4v) is 5.18. The quantitative estimate of drug-likeness (QED) is 0.441. The smallest absolute Gasteiger partial charge is 0.417 e. The molecule has 2 aliphatic rings. The standard InChI is InChI=1S/C28H27F3N4O3/c1-16-8-17(2)33-25-15-35(14-22(16)25)26(36)9-18-12-34(13-18)20-6-7-32-24(11-20)19-4-5-21(27(37)38-3)23(10-19)28(29,30)31/h4-8,10-11,18H,9,12-15H2,1-3H3. The predicted molar refractivity (Wildman–Crippen MR) is 134 cm³/mol. The van der Waals surface area contributed by atoms with Gasteiger partial charge in [0.15, 0.2) is 0 Å². The monoisotopic (exact) mass is 524 g/mol. The van der Waals surface area contributed by atoms with Gasteiger partial charge in [-0.2, -0.15) is 13.2 Å². The van der Waals surface area contributed by atoms with Gasteiger partial charge in [0.05, 0.1) is 36.2 Å². The van der Waals surface area contributed by atoms with Gasteiger partial charge >= 0.3 is 12.1 Å². The Kier molecular flexibility index (Phi) is 6.58. The number of carbonyl (C=O) groups excluding carboxylic acids is 2. The Hall–Kier alpha value is -3.95. The molecule has 0 unspecified atom stereocenters. The van der Waals surface area contributed by atoms with Gasteiger partial charge in [-0.3, -0.25) is 14.8 Å². The van der Waals surface area contributed by atoms with Crippen LogP contribution in [0.2, 0.25) is 0 Å². The Morgan fingerprint density at radius 1 is 1.08 bits per heavy atom. The molecule has 2 aromatic heterocycles. The normalized spacial score (nSPS) is 15.3. The minimum Gasteiger partial charge on any atom is -0.465 e. The number of hydrogen-bond donors (Lipinski definition) is 0. The van der Waals surface area contributed by atoms with Crippen LogP contribution in [0.5, 0.6) is 0 Å². The number of hydrogen-bond acceptors (Lipinski definition) is 6. The minimum atomic E-state index is -4.72. The SMILES string of the molecule is COC(=O)c1ccc(-c2cc(N3CC(CC(=O)N4Cc5nc(C)cc(C)c5C4)C3)ccn2)cc1C(F)(F)F. The molecule has 1 aromatic carbocycles. The molecule has 10 heteroatoms. The Morgan fingerprint density at radius 3 is 2.55 bits per heavy atom. The van der Waals surface area contributed by atoms with Gasteiger partial charge in [0, 0.05) is 55.1 Å². The number of carbonyl (C=O) groups is 2. The van der Waals surface area contributed by atoms with Crippen LogP contribution in [0.3, 0.4) is 0 Å². The number of aromatic nitrogens is 2. The lowest BCUT2D eigenvalue weighted by molar-refractivity contribution is -0.138. The first-order chi connectivity index (χ1) is 18.0. The molecule has 3 aromatic rings. The van der Waals surface area contributed by atoms with E-state index in [-0.39, 0.29) is 17.4 Å². The molecule has 0 saturated carbocycles. The van der Waals surface area contributed by atoms with Gasteiger partial charge in [0.1, 0.15) is 0 Å². The first kappa shape index (κ1) is 25.7. The zero-order chi connectivity index (χ0) is 27.2. The summed E-state index contributed by atoms with van der Waals surface area (Å²) in [4.78, 5) is 37.5. The van der Waals surface area contributed by atoms with Crippen molar-refractivity contribution in [2.75, 3.05) is 25.1 Å². The van der Waals surface area contributed by atoms with E-state index in [0.717, 1.165) is 47.4 Å². The summed E-state index contributed by atoms with van der Waals surface area (Å²) in [5.41, 5.74) is 4.03. The van der Waals surface area contributed by atoms with E-state index in [1.165, 1.54) is 6.07 Å². The molecular formula is C28H27F3N4O3. The Labute approximate surface area is 218 Å². The van der Waals surface area contributed by atoms with Gasteiger partial charge < -0.3 is 14.5 Å². The molecular weight excluding hydrogens is 497 g/mol. The number of halogens is 3. The predicted octanol–water partition coefficient (Wildman–Crippen LogP) is 4.93. The molecule has 7 nitrogen and oxygen atoms in total. The maximum atomic E-state index is 13.6. The number of rotatable bonds is 5. The van der Waals surface area contributed by atoms with Crippen molar-refractivity contribution >= 4 is 17.6 Å². The van der Waals surface area contributed by atoms with E-state index in [0.29, 0.717) is 38.3 Å². The maximum absolute atomic E-state index is 13.6. The Morgan fingerprint density at radius 2 is 1.84 bits per heavy atom. The average Bonchev–Trinajstić information content (AvgIpc) is 3.29. The number of methoxy groups -OCH3 is 1. The third-order valence-corrected chi connectivity index (χ3v) is 7.16. The van der Waals surface area contributed by atoms with Crippen LogP contribution in [0, 0.1) is 19.8 Å². The maximum Gasteiger partial charge on any atom is 0.417 e. The van der Waals surface area contributed by atoms with Crippen LogP contribution in [0.25, 0.3) is 11.3 Å². The van der Waals surface area contributed by atoms with Gasteiger partial charge in [-0.15, -0.1) is 0 Å². The number of amides is 1. The minimum absolute atomic E-state index is 0.102. The largest absolute Gasteiger partial charge is 0.465 e. The van der Waals surface area contributed by atoms with E-state index in [1.54, 1.807) is 18.3 Å². The van der Waals surface area contributed by atoms with E-state index in [1.807, 2.05) is 24.8 Å². The van der Waals surface area contributed by atoms with Gasteiger partial charge in [0.25, 0.3) is 0 Å². The first-order valence-corrected chi connectivity index (χ1v) is 12.3. The lowest BCUT2D eigenvalue weighted by Crippen LogP contribution is -2.48. The number of fused-ring (bicyclic) bond motifs is 1. The molecule has 0 atom stereocenters. The zero-order valence-electron chi connectivity index (χ0n) is 21.3. The molecule has 0 radical (unpaired) electrons. The summed E-state index contributed by atoms with van der Waals surface area (Å²) in [6.07, 6.45) is -2.74. The summed E-state index contributed by atoms with van der Waals surface area (Å²) in [6.45, 7) is 6.47. The van der Waals surface area contributed by atoms with Gasteiger partial charge in [-0.1, -0.05) is 6.07 Å². The summed E-state index contributed by atoms with van der Waals surface area (Å²) < 4.78 is 45.3. The molecule has 1 fully saturated rings. The Bertz CT molecular complexity index is 1420. The van der Waals surface area contributed by atoms with E-state index >= 15 is 0 Å². The van der Waals surface area contributed by atoms with Crippen molar-refractivity contribution in [1.29, 1.82) is 0 Å². The van der Waals surface area contributed by atoms with Gasteiger partial charge in [-0.05, 0) is 55.3 Å². The lowest BCUT2D eigenvalue weighted by Gasteiger charge is -2.41. The average molecular weight is 525 g/mol. The van der Waals surface area contributed by atoms with Gasteiger partial charge in [0.2, 0.25) is 5.91 Å². The van der Waals surface area contributed by atoms with Crippen LogP contribution in [-0.4, -0.2) is 46.9 Å². The molecule has 5 rings (SSSR count). The highest BCUT2D eigenvalue weighted by atomic mass is 19.4. The third kappa shape index (κ3) is 4.94. The third-order valence-electron chi connectivity index (χ3n) is 7.16. The second kappa shape index (κ2) is 9.74. The van der Waals surface area contributed by atoms with Crippen LogP contribution >= 0.6 is 0 Å². The van der Waals surface area contributed by atoms with E-state index in [9.17, 15) is 22.8 Å². The fraction of sp³-hybridized carbons (Fsp3) is 0.357. The number of alkyl halides is 3. The Balaban J connectivity index is 1.24. The first-order valence-electron chi connectivity index (χ1n) is 12.3. The number of benzene rings is 1. The number of nitrogens with zero attached hydrogens (tertiary/aromatic N) is 4. The van der Waals surface area contributed by atoms with E-state index < -0.39 is 23.3 Å². The van der Waals surface area contributed by atoms with Crippen LogP contribution in [-0.2, 0) is 28.8 Å². The van der Waals surface area contributed by atoms with Crippen LogP contribution in [0.15, 0.2) is 42.6 Å². The van der Waals surface area contributed by atoms with Crippen LogP contribution in [0.4, 0.5) is 18.9 Å². The number of anilines is 1. The number of ether oxygens (including phenoxy) is 1. The second-order valence-corrected chi connectivity index (χ2v) is 9.88. The number of aryl methyl sites for hydroxylation is 2. The zero-order valence-corrected chi connectivity index (χ0v) is 21.3.